The van der Waals surface area contributed by atoms with Gasteiger partial charge in [0, 0.05) is 27.8 Å². The molecule has 8 nitrogen and oxygen atoms in total. The van der Waals surface area contributed by atoms with Crippen molar-refractivity contribution in [1.82, 2.24) is 0 Å². The van der Waals surface area contributed by atoms with Crippen molar-refractivity contribution < 1.29 is 38.1 Å². The van der Waals surface area contributed by atoms with Crippen LogP contribution in [0.25, 0.3) is 11.1 Å². The number of ether oxygens (including phenoxy) is 4. The van der Waals surface area contributed by atoms with Gasteiger partial charge in [-0.2, -0.15) is 0 Å². The van der Waals surface area contributed by atoms with Crippen molar-refractivity contribution >= 4 is 23.9 Å². The Labute approximate surface area is 234 Å². The fourth-order valence-corrected chi connectivity index (χ4v) is 4.18. The van der Waals surface area contributed by atoms with Gasteiger partial charge >= 0.3 is 23.9 Å². The Balaban J connectivity index is 2.33. The third-order valence-corrected chi connectivity index (χ3v) is 6.59. The molecule has 2 aromatic rings. The maximum Gasteiger partial charge on any atom is 0.338 e. The molecular formula is C32H34O8. The zero-order valence-corrected chi connectivity index (χ0v) is 23.9. The smallest absolute Gasteiger partial charge is 0.338 e. The molecular weight excluding hydrogens is 512 g/mol. The minimum atomic E-state index is -0.682. The van der Waals surface area contributed by atoms with E-state index in [1.54, 1.807) is 32.0 Å². The summed E-state index contributed by atoms with van der Waals surface area (Å²) in [4.78, 5) is 50.2. The summed E-state index contributed by atoms with van der Waals surface area (Å²) < 4.78 is 22.6. The average molecular weight is 547 g/mol. The Morgan fingerprint density at radius 2 is 0.975 bits per heavy atom. The molecule has 0 radical (unpaired) electrons. The van der Waals surface area contributed by atoms with Crippen molar-refractivity contribution in [2.75, 3.05) is 0 Å². The van der Waals surface area contributed by atoms with Gasteiger partial charge in [0.05, 0.1) is 5.92 Å². The van der Waals surface area contributed by atoms with Crippen LogP contribution < -0.4 is 18.9 Å². The molecule has 0 saturated heterocycles. The van der Waals surface area contributed by atoms with E-state index in [1.165, 1.54) is 26.8 Å². The minimum Gasteiger partial charge on any atom is -0.422 e. The Morgan fingerprint density at radius 1 is 0.625 bits per heavy atom. The van der Waals surface area contributed by atoms with Crippen LogP contribution in [-0.4, -0.2) is 23.9 Å². The van der Waals surface area contributed by atoms with Gasteiger partial charge in [-0.15, -0.1) is 0 Å². The number of benzene rings is 2. The summed E-state index contributed by atoms with van der Waals surface area (Å²) in [5, 5.41) is 0. The second-order valence-corrected chi connectivity index (χ2v) is 10.4. The molecule has 2 atom stereocenters. The average Bonchev–Trinajstić information content (AvgIpc) is 2.88. The Hall–Kier alpha value is -4.46. The third kappa shape index (κ3) is 5.91. The molecule has 0 N–H and O–H groups in total. The van der Waals surface area contributed by atoms with Gasteiger partial charge in [0.1, 0.15) is 0 Å². The van der Waals surface area contributed by atoms with Crippen LogP contribution in [0, 0.1) is 5.92 Å². The first-order chi connectivity index (χ1) is 18.6. The topological polar surface area (TPSA) is 105 Å². The van der Waals surface area contributed by atoms with Crippen LogP contribution in [0.2, 0.25) is 0 Å². The van der Waals surface area contributed by atoms with Crippen molar-refractivity contribution in [3.8, 4) is 34.1 Å². The van der Waals surface area contributed by atoms with Crippen molar-refractivity contribution in [2.24, 2.45) is 5.92 Å². The molecule has 0 heterocycles. The largest absolute Gasteiger partial charge is 0.422 e. The zero-order chi connectivity index (χ0) is 30.0. The lowest BCUT2D eigenvalue weighted by atomic mass is 9.72. The van der Waals surface area contributed by atoms with Gasteiger partial charge in [-0.3, -0.25) is 4.79 Å². The summed E-state index contributed by atoms with van der Waals surface area (Å²) >= 11 is 0. The van der Waals surface area contributed by atoms with Crippen LogP contribution in [0.4, 0.5) is 0 Å². The van der Waals surface area contributed by atoms with Crippen molar-refractivity contribution in [2.45, 2.75) is 60.3 Å². The summed E-state index contributed by atoms with van der Waals surface area (Å²) in [6.07, 6.45) is 0. The number of hydrogen-bond acceptors (Lipinski definition) is 8. The lowest BCUT2D eigenvalue weighted by Gasteiger charge is -2.34. The summed E-state index contributed by atoms with van der Waals surface area (Å²) in [5.41, 5.74) is 3.09. The molecule has 2 aromatic carbocycles. The summed E-state index contributed by atoms with van der Waals surface area (Å²) in [6.45, 7) is 22.7. The number of fused-ring (bicyclic) bond motifs is 3. The predicted octanol–water partition coefficient (Wildman–Crippen LogP) is 6.58. The molecule has 2 unspecified atom stereocenters. The van der Waals surface area contributed by atoms with Crippen LogP contribution in [0.5, 0.6) is 23.0 Å². The number of carbonyl (C=O) groups excluding carboxylic acids is 4. The standard InChI is InChI=1S/C32H34O8/c1-15(2)29(33)37-23-13-11-21-22-12-14-24(38-30(34)16(3)4)28(40-32(36)18(7)8)26(22)20(10)19(9)25(21)27(23)39-31(35)17(5)6/h11-14,16,19-20H,1,5,7H2,2-4,6,8-10H3. The number of carbonyl (C=O) groups is 4. The van der Waals surface area contributed by atoms with Crippen LogP contribution in [0.1, 0.15) is 71.4 Å². The lowest BCUT2D eigenvalue weighted by molar-refractivity contribution is -0.138. The number of hydrogen-bond donors (Lipinski definition) is 0. The van der Waals surface area contributed by atoms with Crippen LogP contribution in [0.3, 0.4) is 0 Å². The van der Waals surface area contributed by atoms with E-state index in [0.29, 0.717) is 22.3 Å². The molecule has 0 amide bonds. The highest BCUT2D eigenvalue weighted by Crippen LogP contribution is 2.56. The highest BCUT2D eigenvalue weighted by molar-refractivity contribution is 5.94. The Bertz CT molecular complexity index is 1460. The van der Waals surface area contributed by atoms with E-state index in [4.69, 9.17) is 18.9 Å². The molecule has 0 bridgehead atoms. The summed E-state index contributed by atoms with van der Waals surface area (Å²) in [5.74, 6) is -3.22. The van der Waals surface area contributed by atoms with Gasteiger partial charge < -0.3 is 18.9 Å². The molecule has 0 fully saturated rings. The molecule has 40 heavy (non-hydrogen) atoms. The van der Waals surface area contributed by atoms with Crippen LogP contribution in [-0.2, 0) is 19.2 Å². The number of esters is 4. The van der Waals surface area contributed by atoms with E-state index >= 15 is 0 Å². The normalized spacial score (nSPS) is 15.3. The highest BCUT2D eigenvalue weighted by Gasteiger charge is 2.37. The van der Waals surface area contributed by atoms with Gasteiger partial charge in [0.2, 0.25) is 0 Å². The predicted molar refractivity (Wildman–Crippen MR) is 151 cm³/mol. The van der Waals surface area contributed by atoms with Gasteiger partial charge in [-0.05, 0) is 55.9 Å². The second kappa shape index (κ2) is 11.7. The summed E-state index contributed by atoms with van der Waals surface area (Å²) in [7, 11) is 0. The first-order valence-electron chi connectivity index (χ1n) is 12.8. The molecule has 0 saturated carbocycles. The maximum absolute atomic E-state index is 12.7. The van der Waals surface area contributed by atoms with Gasteiger partial charge in [-0.1, -0.05) is 59.6 Å². The lowest BCUT2D eigenvalue weighted by Crippen LogP contribution is -2.22. The quantitative estimate of drug-likeness (QED) is 0.208. The Kier molecular flexibility index (Phi) is 8.83. The molecule has 1 aliphatic carbocycles. The molecule has 1 aliphatic rings. The molecule has 0 aromatic heterocycles. The third-order valence-electron chi connectivity index (χ3n) is 6.59. The van der Waals surface area contributed by atoms with E-state index in [0.717, 1.165) is 0 Å². The van der Waals surface area contributed by atoms with E-state index in [-0.39, 0.29) is 51.6 Å². The van der Waals surface area contributed by atoms with E-state index < -0.39 is 29.8 Å². The van der Waals surface area contributed by atoms with E-state index in [2.05, 4.69) is 19.7 Å². The maximum atomic E-state index is 12.7. The number of rotatable bonds is 8. The molecule has 210 valence electrons. The van der Waals surface area contributed by atoms with E-state index in [1.807, 2.05) is 13.8 Å². The van der Waals surface area contributed by atoms with Crippen LogP contribution in [0.15, 0.2) is 60.7 Å². The molecule has 0 aliphatic heterocycles. The fraction of sp³-hybridized carbons (Fsp3) is 0.312. The van der Waals surface area contributed by atoms with Gasteiger partial charge in [0.25, 0.3) is 0 Å². The van der Waals surface area contributed by atoms with Crippen molar-refractivity contribution in [3.05, 3.63) is 71.8 Å². The van der Waals surface area contributed by atoms with Gasteiger partial charge in [0.15, 0.2) is 23.0 Å². The minimum absolute atomic E-state index is 0.0558. The van der Waals surface area contributed by atoms with Crippen molar-refractivity contribution in [1.29, 1.82) is 0 Å². The fourth-order valence-electron chi connectivity index (χ4n) is 4.18. The highest BCUT2D eigenvalue weighted by atomic mass is 16.6. The first kappa shape index (κ1) is 30.1. The molecule has 0 spiro atoms. The molecule has 3 rings (SSSR count). The van der Waals surface area contributed by atoms with Crippen LogP contribution >= 0.6 is 0 Å². The zero-order valence-electron chi connectivity index (χ0n) is 23.9. The van der Waals surface area contributed by atoms with E-state index in [9.17, 15) is 19.2 Å². The Morgan fingerprint density at radius 3 is 1.32 bits per heavy atom. The monoisotopic (exact) mass is 546 g/mol. The van der Waals surface area contributed by atoms with Crippen molar-refractivity contribution in [3.63, 3.8) is 0 Å². The summed E-state index contributed by atoms with van der Waals surface area (Å²) in [6, 6.07) is 6.57. The second-order valence-electron chi connectivity index (χ2n) is 10.4. The molecule has 8 heteroatoms. The SMILES string of the molecule is C=C(C)C(=O)Oc1ccc2c(c1OC(=O)C(=C)C)C(C)C(C)c1c-2ccc(OC(=O)C(C)C)c1OC(=O)C(=C)C. The van der Waals surface area contributed by atoms with Gasteiger partial charge in [-0.25, -0.2) is 14.4 Å². The first-order valence-corrected chi connectivity index (χ1v) is 12.8.